The highest BCUT2D eigenvalue weighted by molar-refractivity contribution is 7.10. The third-order valence-electron chi connectivity index (χ3n) is 2.73. The third-order valence-corrected chi connectivity index (χ3v) is 4.59. The van der Waals surface area contributed by atoms with Gasteiger partial charge in [0.15, 0.2) is 11.5 Å². The minimum atomic E-state index is -0.280. The van der Waals surface area contributed by atoms with Crippen LogP contribution < -0.4 is 9.47 Å². The Hall–Kier alpha value is -0.900. The van der Waals surface area contributed by atoms with Gasteiger partial charge in [-0.3, -0.25) is 0 Å². The fourth-order valence-corrected chi connectivity index (χ4v) is 3.31. The van der Waals surface area contributed by atoms with E-state index in [1.165, 1.54) is 0 Å². The van der Waals surface area contributed by atoms with Gasteiger partial charge >= 0.3 is 0 Å². The van der Waals surface area contributed by atoms with Crippen molar-refractivity contribution >= 4 is 34.5 Å². The SMILES string of the molecule is CCOc1cc(Cl)c(C(Cl)c2cccs2)cc1OCC. The summed E-state index contributed by atoms with van der Waals surface area (Å²) in [5, 5.41) is 2.30. The molecular formula is C15H16Cl2O2S. The van der Waals surface area contributed by atoms with E-state index < -0.39 is 0 Å². The predicted molar refractivity (Wildman–Crippen MR) is 85.8 cm³/mol. The molecule has 2 nitrogen and oxygen atoms in total. The lowest BCUT2D eigenvalue weighted by Gasteiger charge is -2.16. The molecule has 0 saturated carbocycles. The maximum Gasteiger partial charge on any atom is 0.162 e. The largest absolute Gasteiger partial charge is 0.490 e. The molecule has 1 unspecified atom stereocenters. The van der Waals surface area contributed by atoms with Gasteiger partial charge in [0.25, 0.3) is 0 Å². The average molecular weight is 331 g/mol. The van der Waals surface area contributed by atoms with Crippen molar-refractivity contribution < 1.29 is 9.47 Å². The van der Waals surface area contributed by atoms with Gasteiger partial charge < -0.3 is 9.47 Å². The number of hydrogen-bond acceptors (Lipinski definition) is 3. The molecule has 2 rings (SSSR count). The van der Waals surface area contributed by atoms with Crippen LogP contribution in [0.4, 0.5) is 0 Å². The van der Waals surface area contributed by atoms with Crippen molar-refractivity contribution in [3.8, 4) is 11.5 Å². The van der Waals surface area contributed by atoms with Crippen LogP contribution in [-0.2, 0) is 0 Å². The van der Waals surface area contributed by atoms with Crippen molar-refractivity contribution in [1.29, 1.82) is 0 Å². The lowest BCUT2D eigenvalue weighted by Crippen LogP contribution is -2.01. The fraction of sp³-hybridized carbons (Fsp3) is 0.333. The summed E-state index contributed by atoms with van der Waals surface area (Å²) in [6, 6.07) is 7.61. The van der Waals surface area contributed by atoms with Crippen molar-refractivity contribution in [2.75, 3.05) is 13.2 Å². The number of rotatable bonds is 6. The van der Waals surface area contributed by atoms with Crippen LogP contribution >= 0.6 is 34.5 Å². The van der Waals surface area contributed by atoms with Crippen LogP contribution in [0.5, 0.6) is 11.5 Å². The molecule has 0 amide bonds. The highest BCUT2D eigenvalue weighted by atomic mass is 35.5. The van der Waals surface area contributed by atoms with Gasteiger partial charge in [0, 0.05) is 16.0 Å². The number of benzene rings is 1. The molecule has 1 heterocycles. The highest BCUT2D eigenvalue weighted by Gasteiger charge is 2.19. The van der Waals surface area contributed by atoms with Crippen LogP contribution in [0.3, 0.4) is 0 Å². The van der Waals surface area contributed by atoms with E-state index in [-0.39, 0.29) is 5.38 Å². The summed E-state index contributed by atoms with van der Waals surface area (Å²) in [5.74, 6) is 1.33. The fourth-order valence-electron chi connectivity index (χ4n) is 1.87. The Kier molecular flexibility index (Phi) is 5.58. The molecule has 2 aromatic rings. The van der Waals surface area contributed by atoms with Crippen molar-refractivity contribution in [3.05, 3.63) is 45.1 Å². The Morgan fingerprint density at radius 2 is 1.80 bits per heavy atom. The first-order chi connectivity index (χ1) is 9.67. The summed E-state index contributed by atoms with van der Waals surface area (Å²) >= 11 is 14.4. The van der Waals surface area contributed by atoms with Crippen LogP contribution in [0.2, 0.25) is 5.02 Å². The summed E-state index contributed by atoms with van der Waals surface area (Å²) in [6.45, 7) is 4.98. The summed E-state index contributed by atoms with van der Waals surface area (Å²) in [4.78, 5) is 1.06. The summed E-state index contributed by atoms with van der Waals surface area (Å²) in [6.07, 6.45) is 0. The number of halogens is 2. The van der Waals surface area contributed by atoms with E-state index in [4.69, 9.17) is 32.7 Å². The number of hydrogen-bond donors (Lipinski definition) is 0. The van der Waals surface area contributed by atoms with Gasteiger partial charge in [-0.15, -0.1) is 22.9 Å². The summed E-state index contributed by atoms with van der Waals surface area (Å²) in [7, 11) is 0. The average Bonchev–Trinajstić information content (AvgIpc) is 2.95. The Bertz CT molecular complexity index is 555. The molecule has 0 bridgehead atoms. The van der Waals surface area contributed by atoms with E-state index in [0.29, 0.717) is 29.7 Å². The van der Waals surface area contributed by atoms with E-state index in [2.05, 4.69) is 0 Å². The van der Waals surface area contributed by atoms with Crippen LogP contribution in [0.1, 0.15) is 29.7 Å². The maximum atomic E-state index is 6.51. The molecule has 1 aromatic heterocycles. The molecule has 0 N–H and O–H groups in total. The zero-order valence-corrected chi connectivity index (χ0v) is 13.7. The van der Waals surface area contributed by atoms with Crippen molar-refractivity contribution in [2.24, 2.45) is 0 Å². The first-order valence-corrected chi connectivity index (χ1v) is 8.13. The van der Waals surface area contributed by atoms with Gasteiger partial charge in [-0.1, -0.05) is 17.7 Å². The highest BCUT2D eigenvalue weighted by Crippen LogP contribution is 2.41. The first-order valence-electron chi connectivity index (χ1n) is 6.43. The monoisotopic (exact) mass is 330 g/mol. The van der Waals surface area contributed by atoms with E-state index >= 15 is 0 Å². The molecule has 0 aliphatic carbocycles. The zero-order chi connectivity index (χ0) is 14.5. The van der Waals surface area contributed by atoms with Crippen LogP contribution in [-0.4, -0.2) is 13.2 Å². The second-order valence-electron chi connectivity index (χ2n) is 4.06. The molecular weight excluding hydrogens is 315 g/mol. The molecule has 0 saturated heterocycles. The van der Waals surface area contributed by atoms with Gasteiger partial charge in [-0.05, 0) is 36.9 Å². The predicted octanol–water partition coefficient (Wildman–Crippen LogP) is 5.53. The number of ether oxygens (including phenoxy) is 2. The minimum Gasteiger partial charge on any atom is -0.490 e. The summed E-state index contributed by atoms with van der Waals surface area (Å²) in [5.41, 5.74) is 0.836. The van der Waals surface area contributed by atoms with Crippen molar-refractivity contribution in [1.82, 2.24) is 0 Å². The smallest absolute Gasteiger partial charge is 0.162 e. The quantitative estimate of drug-likeness (QED) is 0.648. The molecule has 1 atom stereocenters. The van der Waals surface area contributed by atoms with Gasteiger partial charge in [0.2, 0.25) is 0 Å². The van der Waals surface area contributed by atoms with Gasteiger partial charge in [-0.2, -0.15) is 0 Å². The van der Waals surface area contributed by atoms with E-state index in [1.54, 1.807) is 17.4 Å². The molecule has 0 aliphatic heterocycles. The molecule has 0 aliphatic rings. The van der Waals surface area contributed by atoms with Gasteiger partial charge in [0.1, 0.15) is 0 Å². The Labute approximate surface area is 133 Å². The first kappa shape index (κ1) is 15.5. The molecule has 5 heteroatoms. The topological polar surface area (TPSA) is 18.5 Å². The Balaban J connectivity index is 2.40. The second-order valence-corrected chi connectivity index (χ2v) is 5.89. The lowest BCUT2D eigenvalue weighted by atomic mass is 10.1. The molecule has 20 heavy (non-hydrogen) atoms. The van der Waals surface area contributed by atoms with E-state index in [0.717, 1.165) is 10.4 Å². The number of alkyl halides is 1. The molecule has 0 radical (unpaired) electrons. The van der Waals surface area contributed by atoms with Gasteiger partial charge in [0.05, 0.1) is 18.6 Å². The molecule has 0 spiro atoms. The van der Waals surface area contributed by atoms with Gasteiger partial charge in [-0.25, -0.2) is 0 Å². The Morgan fingerprint density at radius 1 is 1.15 bits per heavy atom. The van der Waals surface area contributed by atoms with Crippen molar-refractivity contribution in [3.63, 3.8) is 0 Å². The standard InChI is InChI=1S/C15H16Cl2O2S/c1-3-18-12-8-10(11(16)9-13(12)19-4-2)15(17)14-6-5-7-20-14/h5-9,15H,3-4H2,1-2H3. The molecule has 108 valence electrons. The minimum absolute atomic E-state index is 0.280. The van der Waals surface area contributed by atoms with E-state index in [9.17, 15) is 0 Å². The Morgan fingerprint density at radius 3 is 2.35 bits per heavy atom. The van der Waals surface area contributed by atoms with Crippen molar-refractivity contribution in [2.45, 2.75) is 19.2 Å². The molecule has 0 fully saturated rings. The second kappa shape index (κ2) is 7.21. The van der Waals surface area contributed by atoms with Crippen LogP contribution in [0.25, 0.3) is 0 Å². The van der Waals surface area contributed by atoms with E-state index in [1.807, 2.05) is 37.4 Å². The maximum absolute atomic E-state index is 6.51. The number of thiophene rings is 1. The third kappa shape index (κ3) is 3.40. The van der Waals surface area contributed by atoms with Crippen LogP contribution in [0.15, 0.2) is 29.6 Å². The van der Waals surface area contributed by atoms with Crippen LogP contribution in [0, 0.1) is 0 Å². The summed E-state index contributed by atoms with van der Waals surface area (Å²) < 4.78 is 11.2. The lowest BCUT2D eigenvalue weighted by molar-refractivity contribution is 0.287. The zero-order valence-electron chi connectivity index (χ0n) is 11.4. The molecule has 1 aromatic carbocycles. The normalized spacial score (nSPS) is 12.2.